The number of ether oxygens (including phenoxy) is 2. The van der Waals surface area contributed by atoms with E-state index < -0.39 is 23.3 Å². The fraction of sp³-hybridized carbons (Fsp3) is 0.833. The third kappa shape index (κ3) is 3.13. The Balaban J connectivity index is 2.81. The van der Waals surface area contributed by atoms with Gasteiger partial charge in [0.1, 0.15) is 5.60 Å². The van der Waals surface area contributed by atoms with Gasteiger partial charge in [-0.05, 0) is 40.5 Å². The molecule has 0 aromatic heterocycles. The van der Waals surface area contributed by atoms with Crippen molar-refractivity contribution in [2.45, 2.75) is 51.8 Å². The molecule has 0 aliphatic carbocycles. The summed E-state index contributed by atoms with van der Waals surface area (Å²) < 4.78 is 10.2. The van der Waals surface area contributed by atoms with Gasteiger partial charge in [0.15, 0.2) is 5.66 Å². The van der Waals surface area contributed by atoms with Crippen LogP contribution in [0.25, 0.3) is 0 Å². The van der Waals surface area contributed by atoms with E-state index in [9.17, 15) is 9.59 Å². The SMILES string of the molecule is CCOC(=O)C1(N)CCCN1C(=O)OC(C)(C)C. The zero-order valence-corrected chi connectivity index (χ0v) is 11.5. The van der Waals surface area contributed by atoms with Crippen LogP contribution in [0, 0.1) is 0 Å². The standard InChI is InChI=1S/C12H22N2O4/c1-5-17-9(15)12(13)7-6-8-14(12)10(16)18-11(2,3)4/h5-8,13H2,1-4H3. The minimum atomic E-state index is -1.39. The quantitative estimate of drug-likeness (QED) is 0.753. The first-order chi connectivity index (χ1) is 8.20. The maximum atomic E-state index is 12.0. The fourth-order valence-electron chi connectivity index (χ4n) is 1.88. The Morgan fingerprint density at radius 1 is 1.39 bits per heavy atom. The molecule has 0 aromatic carbocycles. The normalized spacial score (nSPS) is 23.9. The van der Waals surface area contributed by atoms with Gasteiger partial charge in [0.25, 0.3) is 0 Å². The highest BCUT2D eigenvalue weighted by molar-refractivity contribution is 5.85. The summed E-state index contributed by atoms with van der Waals surface area (Å²) in [5, 5.41) is 0. The molecule has 1 atom stereocenters. The van der Waals surface area contributed by atoms with Crippen molar-refractivity contribution in [2.24, 2.45) is 5.73 Å². The van der Waals surface area contributed by atoms with Crippen LogP contribution >= 0.6 is 0 Å². The molecule has 104 valence electrons. The van der Waals surface area contributed by atoms with Gasteiger partial charge in [-0.2, -0.15) is 0 Å². The van der Waals surface area contributed by atoms with Crippen molar-refractivity contribution in [2.75, 3.05) is 13.2 Å². The highest BCUT2D eigenvalue weighted by atomic mass is 16.6. The number of carbonyl (C=O) groups excluding carboxylic acids is 2. The third-order valence-electron chi connectivity index (χ3n) is 2.66. The number of likely N-dealkylation sites (tertiary alicyclic amines) is 1. The van der Waals surface area contributed by atoms with E-state index in [1.54, 1.807) is 27.7 Å². The van der Waals surface area contributed by atoms with Crippen LogP contribution in [-0.2, 0) is 14.3 Å². The molecule has 1 amide bonds. The van der Waals surface area contributed by atoms with Crippen LogP contribution in [0.3, 0.4) is 0 Å². The molecule has 2 N–H and O–H groups in total. The molecule has 1 heterocycles. The highest BCUT2D eigenvalue weighted by Crippen LogP contribution is 2.27. The van der Waals surface area contributed by atoms with E-state index in [4.69, 9.17) is 15.2 Å². The summed E-state index contributed by atoms with van der Waals surface area (Å²) in [5.41, 5.74) is 4.00. The van der Waals surface area contributed by atoms with E-state index in [-0.39, 0.29) is 6.61 Å². The summed E-state index contributed by atoms with van der Waals surface area (Å²) in [4.78, 5) is 25.1. The number of rotatable bonds is 2. The van der Waals surface area contributed by atoms with Gasteiger partial charge in [0, 0.05) is 6.54 Å². The topological polar surface area (TPSA) is 81.9 Å². The number of esters is 1. The first-order valence-corrected chi connectivity index (χ1v) is 6.17. The average molecular weight is 258 g/mol. The molecule has 6 heteroatoms. The molecule has 1 unspecified atom stereocenters. The van der Waals surface area contributed by atoms with Crippen molar-refractivity contribution in [1.29, 1.82) is 0 Å². The number of hydrogen-bond acceptors (Lipinski definition) is 5. The lowest BCUT2D eigenvalue weighted by Gasteiger charge is -2.33. The van der Waals surface area contributed by atoms with Crippen molar-refractivity contribution in [3.63, 3.8) is 0 Å². The van der Waals surface area contributed by atoms with Gasteiger partial charge in [-0.25, -0.2) is 9.59 Å². The first kappa shape index (κ1) is 14.8. The molecule has 0 saturated carbocycles. The van der Waals surface area contributed by atoms with Crippen LogP contribution in [0.2, 0.25) is 0 Å². The summed E-state index contributed by atoms with van der Waals surface area (Å²) in [6, 6.07) is 0. The first-order valence-electron chi connectivity index (χ1n) is 6.17. The minimum absolute atomic E-state index is 0.236. The van der Waals surface area contributed by atoms with Gasteiger partial charge < -0.3 is 9.47 Å². The zero-order valence-electron chi connectivity index (χ0n) is 11.5. The van der Waals surface area contributed by atoms with Gasteiger partial charge >= 0.3 is 12.1 Å². The zero-order chi connectivity index (χ0) is 14.0. The van der Waals surface area contributed by atoms with Gasteiger partial charge in [-0.3, -0.25) is 10.6 Å². The average Bonchev–Trinajstić information content (AvgIpc) is 2.59. The summed E-state index contributed by atoms with van der Waals surface area (Å²) >= 11 is 0. The van der Waals surface area contributed by atoms with Crippen LogP contribution in [0.15, 0.2) is 0 Å². The maximum absolute atomic E-state index is 12.0. The number of carbonyl (C=O) groups is 2. The third-order valence-corrected chi connectivity index (χ3v) is 2.66. The summed E-state index contributed by atoms with van der Waals surface area (Å²) in [7, 11) is 0. The summed E-state index contributed by atoms with van der Waals surface area (Å²) in [6.45, 7) is 7.65. The largest absolute Gasteiger partial charge is 0.463 e. The molecule has 0 aromatic rings. The van der Waals surface area contributed by atoms with Crippen molar-refractivity contribution < 1.29 is 19.1 Å². The van der Waals surface area contributed by atoms with Gasteiger partial charge in [-0.1, -0.05) is 0 Å². The highest BCUT2D eigenvalue weighted by Gasteiger charge is 2.49. The van der Waals surface area contributed by atoms with E-state index in [0.29, 0.717) is 19.4 Å². The fourth-order valence-corrected chi connectivity index (χ4v) is 1.88. The number of nitrogens with zero attached hydrogens (tertiary/aromatic N) is 1. The molecular formula is C12H22N2O4. The van der Waals surface area contributed by atoms with E-state index in [2.05, 4.69) is 0 Å². The van der Waals surface area contributed by atoms with E-state index in [0.717, 1.165) is 0 Å². The second-order valence-corrected chi connectivity index (χ2v) is 5.38. The number of amides is 1. The molecule has 0 bridgehead atoms. The lowest BCUT2D eigenvalue weighted by Crippen LogP contribution is -2.61. The predicted molar refractivity (Wildman–Crippen MR) is 65.7 cm³/mol. The molecule has 1 fully saturated rings. The van der Waals surface area contributed by atoms with Gasteiger partial charge in [0.05, 0.1) is 6.61 Å². The van der Waals surface area contributed by atoms with Crippen LogP contribution in [0.1, 0.15) is 40.5 Å². The number of hydrogen-bond donors (Lipinski definition) is 1. The van der Waals surface area contributed by atoms with Crippen molar-refractivity contribution in [3.8, 4) is 0 Å². The molecule has 18 heavy (non-hydrogen) atoms. The van der Waals surface area contributed by atoms with Crippen LogP contribution in [0.5, 0.6) is 0 Å². The lowest BCUT2D eigenvalue weighted by molar-refractivity contribution is -0.155. The molecule has 1 rings (SSSR count). The number of nitrogens with two attached hydrogens (primary N) is 1. The molecular weight excluding hydrogens is 236 g/mol. The molecule has 0 spiro atoms. The van der Waals surface area contributed by atoms with Crippen LogP contribution in [0.4, 0.5) is 4.79 Å². The monoisotopic (exact) mass is 258 g/mol. The smallest absolute Gasteiger partial charge is 0.412 e. The van der Waals surface area contributed by atoms with Crippen molar-refractivity contribution in [1.82, 2.24) is 4.90 Å². The van der Waals surface area contributed by atoms with Gasteiger partial charge in [-0.15, -0.1) is 0 Å². The Morgan fingerprint density at radius 3 is 2.50 bits per heavy atom. The van der Waals surface area contributed by atoms with Crippen LogP contribution in [-0.4, -0.2) is 41.4 Å². The molecule has 6 nitrogen and oxygen atoms in total. The molecule has 1 aliphatic heterocycles. The van der Waals surface area contributed by atoms with Crippen molar-refractivity contribution in [3.05, 3.63) is 0 Å². The van der Waals surface area contributed by atoms with Gasteiger partial charge in [0.2, 0.25) is 0 Å². The van der Waals surface area contributed by atoms with Crippen molar-refractivity contribution >= 4 is 12.1 Å². The molecule has 0 radical (unpaired) electrons. The predicted octanol–water partition coefficient (Wildman–Crippen LogP) is 1.24. The maximum Gasteiger partial charge on any atom is 0.412 e. The van der Waals surface area contributed by atoms with E-state index in [1.165, 1.54) is 4.90 Å². The summed E-state index contributed by atoms with van der Waals surface area (Å²) in [6.07, 6.45) is 0.482. The van der Waals surface area contributed by atoms with Crippen LogP contribution < -0.4 is 5.73 Å². The Labute approximate surface area is 107 Å². The van der Waals surface area contributed by atoms with E-state index >= 15 is 0 Å². The Bertz CT molecular complexity index is 337. The lowest BCUT2D eigenvalue weighted by atomic mass is 10.1. The Hall–Kier alpha value is -1.30. The van der Waals surface area contributed by atoms with E-state index in [1.807, 2.05) is 0 Å². The second kappa shape index (κ2) is 5.14. The Morgan fingerprint density at radius 2 is 2.00 bits per heavy atom. The summed E-state index contributed by atoms with van der Waals surface area (Å²) in [5.74, 6) is -0.576. The molecule has 1 aliphatic rings. The minimum Gasteiger partial charge on any atom is -0.463 e. The second-order valence-electron chi connectivity index (χ2n) is 5.38. The molecule has 1 saturated heterocycles. The Kier molecular flexibility index (Phi) is 4.21.